The van der Waals surface area contributed by atoms with Crippen LogP contribution < -0.4 is 4.72 Å². The van der Waals surface area contributed by atoms with Crippen molar-refractivity contribution >= 4 is 16.0 Å². The van der Waals surface area contributed by atoms with Gasteiger partial charge in [-0.1, -0.05) is 18.2 Å². The molecule has 0 radical (unpaired) electrons. The van der Waals surface area contributed by atoms with Gasteiger partial charge in [0.2, 0.25) is 10.0 Å². The summed E-state index contributed by atoms with van der Waals surface area (Å²) < 4.78 is 32.4. The SMILES string of the molecule is COC(=O)c1ccc(CCNS(=O)(=O)c2ccc3c(c2)CCCC3)cc1. The van der Waals surface area contributed by atoms with E-state index in [2.05, 4.69) is 9.46 Å². The van der Waals surface area contributed by atoms with Crippen molar-refractivity contribution in [1.29, 1.82) is 0 Å². The maximum atomic E-state index is 12.5. The maximum absolute atomic E-state index is 12.5. The van der Waals surface area contributed by atoms with Crippen molar-refractivity contribution in [3.63, 3.8) is 0 Å². The Morgan fingerprint density at radius 2 is 1.73 bits per heavy atom. The van der Waals surface area contributed by atoms with Gasteiger partial charge < -0.3 is 4.74 Å². The Balaban J connectivity index is 1.61. The minimum Gasteiger partial charge on any atom is -0.465 e. The van der Waals surface area contributed by atoms with Gasteiger partial charge in [0.25, 0.3) is 0 Å². The van der Waals surface area contributed by atoms with Crippen molar-refractivity contribution in [3.05, 3.63) is 64.7 Å². The Labute approximate surface area is 154 Å². The summed E-state index contributed by atoms with van der Waals surface area (Å²) in [6.07, 6.45) is 4.82. The lowest BCUT2D eigenvalue weighted by molar-refractivity contribution is 0.0600. The highest BCUT2D eigenvalue weighted by molar-refractivity contribution is 7.89. The minimum absolute atomic E-state index is 0.303. The Kier molecular flexibility index (Phi) is 5.74. The second kappa shape index (κ2) is 8.01. The van der Waals surface area contributed by atoms with Crippen molar-refractivity contribution in [2.45, 2.75) is 37.0 Å². The molecule has 0 saturated carbocycles. The molecule has 3 rings (SSSR count). The van der Waals surface area contributed by atoms with Gasteiger partial charge in [-0.15, -0.1) is 0 Å². The molecule has 0 unspecified atom stereocenters. The van der Waals surface area contributed by atoms with E-state index in [-0.39, 0.29) is 5.97 Å². The summed E-state index contributed by atoms with van der Waals surface area (Å²) in [5.41, 5.74) is 3.84. The molecule has 138 valence electrons. The minimum atomic E-state index is -3.51. The van der Waals surface area contributed by atoms with Gasteiger partial charge in [0.05, 0.1) is 17.6 Å². The molecule has 0 spiro atoms. The van der Waals surface area contributed by atoms with Gasteiger partial charge >= 0.3 is 5.97 Å². The Morgan fingerprint density at radius 1 is 1.04 bits per heavy atom. The van der Waals surface area contributed by atoms with Crippen LogP contribution in [0.3, 0.4) is 0 Å². The molecule has 0 aromatic heterocycles. The van der Waals surface area contributed by atoms with Crippen molar-refractivity contribution in [1.82, 2.24) is 4.72 Å². The molecule has 0 atom stereocenters. The van der Waals surface area contributed by atoms with Crippen LogP contribution in [0.1, 0.15) is 39.9 Å². The van der Waals surface area contributed by atoms with E-state index in [1.165, 1.54) is 19.1 Å². The molecule has 0 heterocycles. The zero-order valence-corrected chi connectivity index (χ0v) is 15.6. The zero-order chi connectivity index (χ0) is 18.6. The molecule has 0 amide bonds. The van der Waals surface area contributed by atoms with Crippen LogP contribution in [0.4, 0.5) is 0 Å². The van der Waals surface area contributed by atoms with E-state index < -0.39 is 10.0 Å². The van der Waals surface area contributed by atoms with Crippen LogP contribution in [-0.2, 0) is 34.0 Å². The topological polar surface area (TPSA) is 72.5 Å². The van der Waals surface area contributed by atoms with E-state index >= 15 is 0 Å². The Bertz CT molecular complexity index is 889. The quantitative estimate of drug-likeness (QED) is 0.791. The molecule has 2 aromatic rings. The number of benzene rings is 2. The van der Waals surface area contributed by atoms with Crippen LogP contribution in [-0.4, -0.2) is 28.0 Å². The number of hydrogen-bond acceptors (Lipinski definition) is 4. The van der Waals surface area contributed by atoms with Crippen LogP contribution in [0.25, 0.3) is 0 Å². The van der Waals surface area contributed by atoms with Crippen LogP contribution in [0.15, 0.2) is 47.4 Å². The van der Waals surface area contributed by atoms with Crippen LogP contribution in [0, 0.1) is 0 Å². The van der Waals surface area contributed by atoms with Crippen LogP contribution in [0.2, 0.25) is 0 Å². The first-order valence-corrected chi connectivity index (χ1v) is 10.3. The molecule has 26 heavy (non-hydrogen) atoms. The van der Waals surface area contributed by atoms with Crippen molar-refractivity contribution < 1.29 is 17.9 Å². The molecule has 6 heteroatoms. The number of fused-ring (bicyclic) bond motifs is 1. The molecule has 5 nitrogen and oxygen atoms in total. The number of hydrogen-bond donors (Lipinski definition) is 1. The predicted molar refractivity (Wildman–Crippen MR) is 99.8 cm³/mol. The van der Waals surface area contributed by atoms with Crippen molar-refractivity contribution in [2.75, 3.05) is 13.7 Å². The van der Waals surface area contributed by atoms with Crippen LogP contribution >= 0.6 is 0 Å². The number of carbonyl (C=O) groups excluding carboxylic acids is 1. The van der Waals surface area contributed by atoms with Crippen molar-refractivity contribution in [3.8, 4) is 0 Å². The lowest BCUT2D eigenvalue weighted by Gasteiger charge is -2.16. The van der Waals surface area contributed by atoms with Crippen LogP contribution in [0.5, 0.6) is 0 Å². The number of rotatable bonds is 6. The Morgan fingerprint density at radius 3 is 2.42 bits per heavy atom. The summed E-state index contributed by atoms with van der Waals surface area (Å²) in [4.78, 5) is 11.7. The number of methoxy groups -OCH3 is 1. The third-order valence-corrected chi connectivity index (χ3v) is 6.17. The third-order valence-electron chi connectivity index (χ3n) is 4.71. The fraction of sp³-hybridized carbons (Fsp3) is 0.350. The van der Waals surface area contributed by atoms with Gasteiger partial charge in [0, 0.05) is 6.54 Å². The van der Waals surface area contributed by atoms with E-state index in [0.717, 1.165) is 30.4 Å². The molecule has 0 bridgehead atoms. The number of aryl methyl sites for hydroxylation is 2. The number of carbonyl (C=O) groups is 1. The highest BCUT2D eigenvalue weighted by Gasteiger charge is 2.17. The summed E-state index contributed by atoms with van der Waals surface area (Å²) >= 11 is 0. The maximum Gasteiger partial charge on any atom is 0.337 e. The molecule has 1 aliphatic carbocycles. The standard InChI is InChI=1S/C20H23NO4S/c1-25-20(22)17-8-6-15(7-9-17)12-13-21-26(23,24)19-11-10-16-4-2-3-5-18(16)14-19/h6-11,14,21H,2-5,12-13H2,1H3. The van der Waals surface area contributed by atoms with Crippen molar-refractivity contribution in [2.24, 2.45) is 0 Å². The number of sulfonamides is 1. The summed E-state index contributed by atoms with van der Waals surface area (Å²) in [5, 5.41) is 0. The normalized spacial score (nSPS) is 13.9. The summed E-state index contributed by atoms with van der Waals surface area (Å²) in [7, 11) is -2.17. The molecular formula is C20H23NO4S. The van der Waals surface area contributed by atoms with Gasteiger partial charge in [0.15, 0.2) is 0 Å². The summed E-state index contributed by atoms with van der Waals surface area (Å²) in [6.45, 7) is 0.303. The first kappa shape index (κ1) is 18.6. The lowest BCUT2D eigenvalue weighted by Crippen LogP contribution is -2.26. The molecule has 0 saturated heterocycles. The molecule has 0 fully saturated rings. The highest BCUT2D eigenvalue weighted by atomic mass is 32.2. The first-order chi connectivity index (χ1) is 12.5. The third kappa shape index (κ3) is 4.31. The van der Waals surface area contributed by atoms with Gasteiger partial charge in [-0.2, -0.15) is 0 Å². The highest BCUT2D eigenvalue weighted by Crippen LogP contribution is 2.24. The number of esters is 1. The molecular weight excluding hydrogens is 350 g/mol. The second-order valence-corrected chi connectivity index (χ2v) is 8.24. The molecule has 1 N–H and O–H groups in total. The number of nitrogens with one attached hydrogen (secondary N) is 1. The summed E-state index contributed by atoms with van der Waals surface area (Å²) in [5.74, 6) is -0.385. The number of ether oxygens (including phenoxy) is 1. The molecule has 0 aliphatic heterocycles. The van der Waals surface area contributed by atoms with Gasteiger partial charge in [0.1, 0.15) is 0 Å². The average Bonchev–Trinajstić information content (AvgIpc) is 2.67. The smallest absolute Gasteiger partial charge is 0.337 e. The van der Waals surface area contributed by atoms with E-state index in [4.69, 9.17) is 0 Å². The van der Waals surface area contributed by atoms with Gasteiger partial charge in [-0.25, -0.2) is 17.9 Å². The average molecular weight is 373 g/mol. The van der Waals surface area contributed by atoms with E-state index in [9.17, 15) is 13.2 Å². The second-order valence-electron chi connectivity index (χ2n) is 6.47. The molecule has 2 aromatic carbocycles. The monoisotopic (exact) mass is 373 g/mol. The zero-order valence-electron chi connectivity index (χ0n) is 14.8. The first-order valence-electron chi connectivity index (χ1n) is 8.78. The Hall–Kier alpha value is -2.18. The fourth-order valence-corrected chi connectivity index (χ4v) is 4.30. The van der Waals surface area contributed by atoms with E-state index in [1.807, 2.05) is 12.1 Å². The van der Waals surface area contributed by atoms with Gasteiger partial charge in [-0.05, 0) is 73.1 Å². The fourth-order valence-electron chi connectivity index (χ4n) is 3.22. The summed E-state index contributed by atoms with van der Waals surface area (Å²) in [6, 6.07) is 12.4. The lowest BCUT2D eigenvalue weighted by atomic mass is 9.92. The predicted octanol–water partition coefficient (Wildman–Crippen LogP) is 2.87. The van der Waals surface area contributed by atoms with E-state index in [1.54, 1.807) is 30.3 Å². The molecule has 1 aliphatic rings. The van der Waals surface area contributed by atoms with Gasteiger partial charge in [-0.3, -0.25) is 0 Å². The largest absolute Gasteiger partial charge is 0.465 e. The van der Waals surface area contributed by atoms with E-state index in [0.29, 0.717) is 23.4 Å².